The first-order valence-corrected chi connectivity index (χ1v) is 8.25. The highest BCUT2D eigenvalue weighted by molar-refractivity contribution is 5.86. The Morgan fingerprint density at radius 3 is 2.67 bits per heavy atom. The van der Waals surface area contributed by atoms with Gasteiger partial charge in [0.15, 0.2) is 0 Å². The minimum absolute atomic E-state index is 0.0325. The zero-order chi connectivity index (χ0) is 17.5. The molecule has 1 aromatic carbocycles. The number of carboxylic acids is 1. The summed E-state index contributed by atoms with van der Waals surface area (Å²) in [5.41, 5.74) is 0.873. The Balaban J connectivity index is 1.93. The number of nitrogens with zero attached hydrogens (tertiary/aromatic N) is 1. The molecule has 6 heteroatoms. The molecule has 0 saturated carbocycles. The van der Waals surface area contributed by atoms with E-state index in [1.54, 1.807) is 6.92 Å². The maximum atomic E-state index is 12.5. The highest BCUT2D eigenvalue weighted by atomic mass is 16.5. The number of benzene rings is 1. The van der Waals surface area contributed by atoms with Gasteiger partial charge in [-0.25, -0.2) is 4.79 Å². The molecular formula is C18H25NO5. The van der Waals surface area contributed by atoms with Crippen molar-refractivity contribution in [3.8, 4) is 0 Å². The summed E-state index contributed by atoms with van der Waals surface area (Å²) in [7, 11) is 1.51. The Hall–Kier alpha value is -1.92. The monoisotopic (exact) mass is 335 g/mol. The number of amides is 1. The van der Waals surface area contributed by atoms with E-state index in [-0.39, 0.29) is 18.4 Å². The first-order valence-electron chi connectivity index (χ1n) is 8.25. The third-order valence-electron chi connectivity index (χ3n) is 4.28. The van der Waals surface area contributed by atoms with Gasteiger partial charge in [-0.2, -0.15) is 0 Å². The molecule has 1 amide bonds. The minimum atomic E-state index is -1.03. The summed E-state index contributed by atoms with van der Waals surface area (Å²) in [4.78, 5) is 25.3. The van der Waals surface area contributed by atoms with E-state index in [1.165, 1.54) is 11.9 Å². The summed E-state index contributed by atoms with van der Waals surface area (Å²) < 4.78 is 11.0. The third-order valence-corrected chi connectivity index (χ3v) is 4.28. The van der Waals surface area contributed by atoms with Crippen LogP contribution in [0.5, 0.6) is 0 Å². The number of aliphatic carboxylic acids is 1. The molecule has 1 fully saturated rings. The molecule has 3 atom stereocenters. The van der Waals surface area contributed by atoms with Crippen LogP contribution in [0.25, 0.3) is 0 Å². The molecule has 1 saturated heterocycles. The minimum Gasteiger partial charge on any atom is -0.480 e. The summed E-state index contributed by atoms with van der Waals surface area (Å²) in [6.07, 6.45) is 1.54. The Bertz CT molecular complexity index is 542. The van der Waals surface area contributed by atoms with E-state index >= 15 is 0 Å². The van der Waals surface area contributed by atoms with Gasteiger partial charge in [0.25, 0.3) is 5.91 Å². The van der Waals surface area contributed by atoms with Crippen LogP contribution in [0.3, 0.4) is 0 Å². The predicted molar refractivity (Wildman–Crippen MR) is 88.7 cm³/mol. The molecule has 0 spiro atoms. The van der Waals surface area contributed by atoms with Crippen molar-refractivity contribution in [2.45, 2.75) is 44.4 Å². The highest BCUT2D eigenvalue weighted by Crippen LogP contribution is 2.14. The summed E-state index contributed by atoms with van der Waals surface area (Å²) in [5, 5.41) is 9.48. The van der Waals surface area contributed by atoms with Crippen LogP contribution in [0, 0.1) is 0 Å². The fraction of sp³-hybridized carbons (Fsp3) is 0.556. The Kier molecular flexibility index (Phi) is 6.75. The zero-order valence-electron chi connectivity index (χ0n) is 14.2. The lowest BCUT2D eigenvalue weighted by Crippen LogP contribution is -2.48. The number of carbonyl (C=O) groups is 2. The Morgan fingerprint density at radius 2 is 2.08 bits per heavy atom. The van der Waals surface area contributed by atoms with Crippen LogP contribution < -0.4 is 0 Å². The van der Waals surface area contributed by atoms with Crippen LogP contribution in [-0.4, -0.2) is 60.4 Å². The standard InChI is InChI=1S/C18H25NO5/c1-13(24-12-15-9-6-10-23-15)17(20)19(2)16(18(21)22)11-14-7-4-3-5-8-14/h3-5,7-8,13,15-16H,6,9-12H2,1-2H3,(H,21,22). The van der Waals surface area contributed by atoms with Gasteiger partial charge in [0.2, 0.25) is 0 Å². The number of ether oxygens (including phenoxy) is 2. The lowest BCUT2D eigenvalue weighted by molar-refractivity contribution is -0.155. The molecule has 1 N–H and O–H groups in total. The third kappa shape index (κ3) is 5.04. The molecular weight excluding hydrogens is 310 g/mol. The lowest BCUT2D eigenvalue weighted by Gasteiger charge is -2.28. The predicted octanol–water partition coefficient (Wildman–Crippen LogP) is 1.72. The number of carbonyl (C=O) groups excluding carboxylic acids is 1. The van der Waals surface area contributed by atoms with Crippen LogP contribution in [0.2, 0.25) is 0 Å². The lowest BCUT2D eigenvalue weighted by atomic mass is 10.0. The van der Waals surface area contributed by atoms with Crippen molar-refractivity contribution in [1.82, 2.24) is 4.90 Å². The van der Waals surface area contributed by atoms with Gasteiger partial charge in [0.1, 0.15) is 12.1 Å². The SMILES string of the molecule is CC(OCC1CCCO1)C(=O)N(C)C(Cc1ccccc1)C(=O)O. The second-order valence-electron chi connectivity index (χ2n) is 6.10. The van der Waals surface area contributed by atoms with E-state index in [0.29, 0.717) is 6.61 Å². The summed E-state index contributed by atoms with van der Waals surface area (Å²) in [5.74, 6) is -1.36. The van der Waals surface area contributed by atoms with Gasteiger partial charge in [0.05, 0.1) is 12.7 Å². The average molecular weight is 335 g/mol. The van der Waals surface area contributed by atoms with Gasteiger partial charge < -0.3 is 19.5 Å². The molecule has 1 aliphatic rings. The number of rotatable bonds is 8. The number of likely N-dealkylation sites (N-methyl/N-ethyl adjacent to an activating group) is 1. The van der Waals surface area contributed by atoms with Crippen molar-refractivity contribution in [1.29, 1.82) is 0 Å². The van der Waals surface area contributed by atoms with Crippen molar-refractivity contribution < 1.29 is 24.2 Å². The van der Waals surface area contributed by atoms with Crippen LogP contribution in [-0.2, 0) is 25.5 Å². The largest absolute Gasteiger partial charge is 0.480 e. The quantitative estimate of drug-likeness (QED) is 0.783. The molecule has 132 valence electrons. The summed E-state index contributed by atoms with van der Waals surface area (Å²) >= 11 is 0. The van der Waals surface area contributed by atoms with Crippen molar-refractivity contribution >= 4 is 11.9 Å². The van der Waals surface area contributed by atoms with Gasteiger partial charge in [-0.3, -0.25) is 4.79 Å². The van der Waals surface area contributed by atoms with Crippen LogP contribution in [0.4, 0.5) is 0 Å². The molecule has 0 aliphatic carbocycles. The first kappa shape index (κ1) is 18.4. The van der Waals surface area contributed by atoms with E-state index < -0.39 is 18.1 Å². The van der Waals surface area contributed by atoms with Gasteiger partial charge >= 0.3 is 5.97 Å². The number of hydrogen-bond acceptors (Lipinski definition) is 4. The molecule has 0 aromatic heterocycles. The smallest absolute Gasteiger partial charge is 0.326 e. The second kappa shape index (κ2) is 8.80. The highest BCUT2D eigenvalue weighted by Gasteiger charge is 2.30. The van der Waals surface area contributed by atoms with Crippen LogP contribution in [0.1, 0.15) is 25.3 Å². The maximum absolute atomic E-state index is 12.5. The molecule has 24 heavy (non-hydrogen) atoms. The second-order valence-corrected chi connectivity index (χ2v) is 6.10. The molecule has 1 heterocycles. The van der Waals surface area contributed by atoms with Crippen molar-refractivity contribution in [2.24, 2.45) is 0 Å². The van der Waals surface area contributed by atoms with Crippen molar-refractivity contribution in [3.63, 3.8) is 0 Å². The van der Waals surface area contributed by atoms with Crippen LogP contribution in [0.15, 0.2) is 30.3 Å². The zero-order valence-corrected chi connectivity index (χ0v) is 14.2. The molecule has 0 bridgehead atoms. The van der Waals surface area contributed by atoms with E-state index in [0.717, 1.165) is 25.0 Å². The topological polar surface area (TPSA) is 76.1 Å². The van der Waals surface area contributed by atoms with Crippen molar-refractivity contribution in [3.05, 3.63) is 35.9 Å². The Morgan fingerprint density at radius 1 is 1.38 bits per heavy atom. The maximum Gasteiger partial charge on any atom is 0.326 e. The normalized spacial score (nSPS) is 19.7. The van der Waals surface area contributed by atoms with Crippen molar-refractivity contribution in [2.75, 3.05) is 20.3 Å². The summed E-state index contributed by atoms with van der Waals surface area (Å²) in [6, 6.07) is 8.35. The van der Waals surface area contributed by atoms with E-state index in [2.05, 4.69) is 0 Å². The average Bonchev–Trinajstić information content (AvgIpc) is 3.10. The molecule has 2 rings (SSSR count). The molecule has 6 nitrogen and oxygen atoms in total. The molecule has 0 radical (unpaired) electrons. The van der Waals surface area contributed by atoms with E-state index in [1.807, 2.05) is 30.3 Å². The molecule has 1 aliphatic heterocycles. The molecule has 3 unspecified atom stereocenters. The van der Waals surface area contributed by atoms with E-state index in [9.17, 15) is 14.7 Å². The van der Waals surface area contributed by atoms with Gasteiger partial charge in [-0.05, 0) is 25.3 Å². The van der Waals surface area contributed by atoms with Gasteiger partial charge in [-0.1, -0.05) is 30.3 Å². The van der Waals surface area contributed by atoms with Gasteiger partial charge in [-0.15, -0.1) is 0 Å². The fourth-order valence-electron chi connectivity index (χ4n) is 2.77. The van der Waals surface area contributed by atoms with E-state index in [4.69, 9.17) is 9.47 Å². The number of carboxylic acid groups (broad SMARTS) is 1. The number of hydrogen-bond donors (Lipinski definition) is 1. The molecule has 1 aromatic rings. The fourth-order valence-corrected chi connectivity index (χ4v) is 2.77. The summed E-state index contributed by atoms with van der Waals surface area (Å²) in [6.45, 7) is 2.74. The van der Waals surface area contributed by atoms with Gasteiger partial charge in [0, 0.05) is 20.1 Å². The van der Waals surface area contributed by atoms with Crippen LogP contribution >= 0.6 is 0 Å². The Labute approximate surface area is 142 Å². The first-order chi connectivity index (χ1) is 11.5.